The lowest BCUT2D eigenvalue weighted by atomic mass is 10.1. The maximum atomic E-state index is 11.8. The number of aliphatic carboxylic acids is 1. The standard InChI is InChI=1S/C12H15NO5/c1-3-9(12(16)17)13-11(15)8-6-7(18-2)4-5-10(8)14/h4-6,9,14H,3H2,1-2H3,(H,13,15)(H,16,17)/t9-/m1/s1. The molecule has 1 amide bonds. The summed E-state index contributed by atoms with van der Waals surface area (Å²) < 4.78 is 4.93. The molecule has 0 saturated heterocycles. The largest absolute Gasteiger partial charge is 0.507 e. The molecule has 0 radical (unpaired) electrons. The third kappa shape index (κ3) is 3.13. The van der Waals surface area contributed by atoms with Crippen LogP contribution in [0.4, 0.5) is 0 Å². The molecule has 1 aromatic carbocycles. The predicted molar refractivity (Wildman–Crippen MR) is 63.8 cm³/mol. The Labute approximate surface area is 104 Å². The third-order valence-electron chi connectivity index (χ3n) is 2.46. The van der Waals surface area contributed by atoms with E-state index in [1.807, 2.05) is 0 Å². The van der Waals surface area contributed by atoms with Crippen LogP contribution in [0.25, 0.3) is 0 Å². The Morgan fingerprint density at radius 2 is 2.11 bits per heavy atom. The van der Waals surface area contributed by atoms with Gasteiger partial charge in [-0.05, 0) is 24.6 Å². The molecule has 0 aromatic heterocycles. The molecule has 0 aliphatic heterocycles. The van der Waals surface area contributed by atoms with E-state index in [-0.39, 0.29) is 17.7 Å². The quantitative estimate of drug-likeness (QED) is 0.727. The molecule has 1 aromatic rings. The number of carbonyl (C=O) groups excluding carboxylic acids is 1. The number of hydrogen-bond acceptors (Lipinski definition) is 4. The number of carboxylic acids is 1. The summed E-state index contributed by atoms with van der Waals surface area (Å²) in [5, 5.41) is 20.7. The minimum atomic E-state index is -1.12. The molecule has 3 N–H and O–H groups in total. The first-order valence-electron chi connectivity index (χ1n) is 5.40. The minimum absolute atomic E-state index is 0.0194. The molecule has 0 aliphatic rings. The van der Waals surface area contributed by atoms with E-state index in [1.165, 1.54) is 25.3 Å². The van der Waals surface area contributed by atoms with Gasteiger partial charge in [0.2, 0.25) is 0 Å². The first kappa shape index (κ1) is 13.8. The van der Waals surface area contributed by atoms with Crippen molar-refractivity contribution in [1.29, 1.82) is 0 Å². The van der Waals surface area contributed by atoms with Crippen molar-refractivity contribution in [2.75, 3.05) is 7.11 Å². The van der Waals surface area contributed by atoms with Gasteiger partial charge in [0.1, 0.15) is 17.5 Å². The van der Waals surface area contributed by atoms with Crippen molar-refractivity contribution in [3.8, 4) is 11.5 Å². The fourth-order valence-corrected chi connectivity index (χ4v) is 1.40. The van der Waals surface area contributed by atoms with Gasteiger partial charge in [-0.1, -0.05) is 6.92 Å². The van der Waals surface area contributed by atoms with Gasteiger partial charge in [0.05, 0.1) is 12.7 Å². The van der Waals surface area contributed by atoms with Crippen LogP contribution in [0.2, 0.25) is 0 Å². The molecule has 0 spiro atoms. The van der Waals surface area contributed by atoms with Crippen LogP contribution in [0.15, 0.2) is 18.2 Å². The highest BCUT2D eigenvalue weighted by Crippen LogP contribution is 2.22. The maximum Gasteiger partial charge on any atom is 0.326 e. The number of hydrogen-bond donors (Lipinski definition) is 3. The van der Waals surface area contributed by atoms with Crippen molar-refractivity contribution in [2.45, 2.75) is 19.4 Å². The maximum absolute atomic E-state index is 11.8. The van der Waals surface area contributed by atoms with Gasteiger partial charge >= 0.3 is 5.97 Å². The summed E-state index contributed by atoms with van der Waals surface area (Å²) in [6, 6.07) is 3.18. The van der Waals surface area contributed by atoms with Gasteiger partial charge in [0.15, 0.2) is 0 Å². The number of methoxy groups -OCH3 is 1. The van der Waals surface area contributed by atoms with E-state index in [0.717, 1.165) is 0 Å². The number of aromatic hydroxyl groups is 1. The minimum Gasteiger partial charge on any atom is -0.507 e. The molecular formula is C12H15NO5. The van der Waals surface area contributed by atoms with Crippen LogP contribution in [-0.2, 0) is 4.79 Å². The Morgan fingerprint density at radius 3 is 2.61 bits per heavy atom. The summed E-state index contributed by atoms with van der Waals surface area (Å²) in [7, 11) is 1.43. The SMILES string of the molecule is CC[C@@H](NC(=O)c1cc(OC)ccc1O)C(=O)O. The molecule has 98 valence electrons. The first-order chi connectivity index (χ1) is 8.49. The van der Waals surface area contributed by atoms with Crippen molar-refractivity contribution in [1.82, 2.24) is 5.32 Å². The second kappa shape index (κ2) is 5.90. The lowest BCUT2D eigenvalue weighted by Gasteiger charge is -2.13. The summed E-state index contributed by atoms with van der Waals surface area (Å²) in [5.74, 6) is -1.59. The summed E-state index contributed by atoms with van der Waals surface area (Å²) in [4.78, 5) is 22.6. The summed E-state index contributed by atoms with van der Waals surface area (Å²) in [6.07, 6.45) is 0.256. The molecule has 6 heteroatoms. The van der Waals surface area contributed by atoms with Gasteiger partial charge in [-0.2, -0.15) is 0 Å². The van der Waals surface area contributed by atoms with Crippen LogP contribution in [0.5, 0.6) is 11.5 Å². The van der Waals surface area contributed by atoms with Crippen molar-refractivity contribution in [3.05, 3.63) is 23.8 Å². The Bertz CT molecular complexity index is 458. The van der Waals surface area contributed by atoms with Gasteiger partial charge in [-0.25, -0.2) is 4.79 Å². The second-order valence-electron chi connectivity index (χ2n) is 3.66. The number of benzene rings is 1. The van der Waals surface area contributed by atoms with Crippen LogP contribution in [0.3, 0.4) is 0 Å². The number of ether oxygens (including phenoxy) is 1. The number of phenolic OH excluding ortho intramolecular Hbond substituents is 1. The van der Waals surface area contributed by atoms with E-state index in [1.54, 1.807) is 6.92 Å². The monoisotopic (exact) mass is 253 g/mol. The normalized spacial score (nSPS) is 11.7. The molecule has 1 rings (SSSR count). The Balaban J connectivity index is 2.93. The highest BCUT2D eigenvalue weighted by atomic mass is 16.5. The molecular weight excluding hydrogens is 238 g/mol. The number of rotatable bonds is 5. The third-order valence-corrected chi connectivity index (χ3v) is 2.46. The van der Waals surface area contributed by atoms with E-state index in [9.17, 15) is 14.7 Å². The first-order valence-corrected chi connectivity index (χ1v) is 5.40. The molecule has 0 unspecified atom stereocenters. The highest BCUT2D eigenvalue weighted by Gasteiger charge is 2.20. The Morgan fingerprint density at radius 1 is 1.44 bits per heavy atom. The fraction of sp³-hybridized carbons (Fsp3) is 0.333. The number of carbonyl (C=O) groups is 2. The molecule has 18 heavy (non-hydrogen) atoms. The van der Waals surface area contributed by atoms with Gasteiger partial charge in [0, 0.05) is 0 Å². The zero-order valence-electron chi connectivity index (χ0n) is 10.1. The second-order valence-corrected chi connectivity index (χ2v) is 3.66. The lowest BCUT2D eigenvalue weighted by Crippen LogP contribution is -2.40. The van der Waals surface area contributed by atoms with Crippen LogP contribution in [0.1, 0.15) is 23.7 Å². The van der Waals surface area contributed by atoms with E-state index in [2.05, 4.69) is 5.32 Å². The molecule has 0 bridgehead atoms. The topological polar surface area (TPSA) is 95.9 Å². The van der Waals surface area contributed by atoms with Gasteiger partial charge < -0.3 is 20.3 Å². The number of phenols is 1. The smallest absolute Gasteiger partial charge is 0.326 e. The van der Waals surface area contributed by atoms with Crippen molar-refractivity contribution >= 4 is 11.9 Å². The average molecular weight is 253 g/mol. The Hall–Kier alpha value is -2.24. The van der Waals surface area contributed by atoms with Crippen molar-refractivity contribution < 1.29 is 24.5 Å². The summed E-state index contributed by atoms with van der Waals surface area (Å²) in [5.41, 5.74) is -0.0194. The van der Waals surface area contributed by atoms with Crippen LogP contribution < -0.4 is 10.1 Å². The van der Waals surface area contributed by atoms with Crippen LogP contribution >= 0.6 is 0 Å². The van der Waals surface area contributed by atoms with Crippen molar-refractivity contribution in [3.63, 3.8) is 0 Å². The van der Waals surface area contributed by atoms with Crippen LogP contribution in [0, 0.1) is 0 Å². The highest BCUT2D eigenvalue weighted by molar-refractivity contribution is 5.99. The molecule has 0 heterocycles. The van der Waals surface area contributed by atoms with Gasteiger partial charge in [-0.3, -0.25) is 4.79 Å². The van der Waals surface area contributed by atoms with Gasteiger partial charge in [-0.15, -0.1) is 0 Å². The van der Waals surface area contributed by atoms with E-state index >= 15 is 0 Å². The molecule has 0 saturated carbocycles. The van der Waals surface area contributed by atoms with Crippen molar-refractivity contribution in [2.24, 2.45) is 0 Å². The average Bonchev–Trinajstić information content (AvgIpc) is 2.35. The van der Waals surface area contributed by atoms with Gasteiger partial charge in [0.25, 0.3) is 5.91 Å². The molecule has 0 aliphatic carbocycles. The molecule has 0 fully saturated rings. The molecule has 1 atom stereocenters. The zero-order chi connectivity index (χ0) is 13.7. The summed E-state index contributed by atoms with van der Waals surface area (Å²) >= 11 is 0. The summed E-state index contributed by atoms with van der Waals surface area (Å²) in [6.45, 7) is 1.64. The molecule has 6 nitrogen and oxygen atoms in total. The number of amides is 1. The number of nitrogens with one attached hydrogen (secondary N) is 1. The fourth-order valence-electron chi connectivity index (χ4n) is 1.40. The zero-order valence-corrected chi connectivity index (χ0v) is 10.1. The predicted octanol–water partition coefficient (Wildman–Crippen LogP) is 0.994. The lowest BCUT2D eigenvalue weighted by molar-refractivity contribution is -0.139. The number of carboxylic acid groups (broad SMARTS) is 1. The Kier molecular flexibility index (Phi) is 4.53. The van der Waals surface area contributed by atoms with E-state index in [4.69, 9.17) is 9.84 Å². The van der Waals surface area contributed by atoms with Crippen LogP contribution in [-0.4, -0.2) is 35.2 Å². The van der Waals surface area contributed by atoms with E-state index in [0.29, 0.717) is 5.75 Å². The van der Waals surface area contributed by atoms with E-state index < -0.39 is 17.9 Å².